The molecule has 3 aliphatic heterocycles. The molecule has 28 heavy (non-hydrogen) atoms. The zero-order valence-electron chi connectivity index (χ0n) is 16.3. The molecule has 2 atom stereocenters. The van der Waals surface area contributed by atoms with Gasteiger partial charge in [-0.2, -0.15) is 0 Å². The number of halogens is 1. The highest BCUT2D eigenvalue weighted by molar-refractivity contribution is 5.76. The molecule has 2 aromatic rings. The first-order chi connectivity index (χ1) is 13.5. The Morgan fingerprint density at radius 1 is 1.18 bits per heavy atom. The third-order valence-electron chi connectivity index (χ3n) is 6.30. The average Bonchev–Trinajstić information content (AvgIpc) is 3.29. The maximum absolute atomic E-state index is 14.1. The van der Waals surface area contributed by atoms with E-state index in [2.05, 4.69) is 20.0 Å². The first-order valence-electron chi connectivity index (χ1n) is 9.96. The van der Waals surface area contributed by atoms with Crippen LogP contribution in [0, 0.1) is 6.92 Å². The van der Waals surface area contributed by atoms with Crippen molar-refractivity contribution in [3.05, 3.63) is 28.8 Å². The predicted molar refractivity (Wildman–Crippen MR) is 105 cm³/mol. The number of fused-ring (bicyclic) bond motifs is 2. The zero-order valence-corrected chi connectivity index (χ0v) is 16.3. The Bertz CT molecular complexity index is 925. The Kier molecular flexibility index (Phi) is 4.16. The number of hydrogen-bond donors (Lipinski definition) is 1. The SMILES string of the molecule is Cc1c(-c2ccc3c(c2O)CCO3)nnc2c1CCN2[C@@H]1C[C@@H](F)CN(C)C1. The van der Waals surface area contributed by atoms with Gasteiger partial charge in [-0.15, -0.1) is 10.2 Å². The number of nitrogens with zero attached hydrogens (tertiary/aromatic N) is 4. The number of benzene rings is 1. The Morgan fingerprint density at radius 2 is 2.04 bits per heavy atom. The third-order valence-corrected chi connectivity index (χ3v) is 6.30. The molecule has 0 spiro atoms. The highest BCUT2D eigenvalue weighted by atomic mass is 19.1. The number of aromatic nitrogens is 2. The lowest BCUT2D eigenvalue weighted by atomic mass is 9.98. The fourth-order valence-corrected chi connectivity index (χ4v) is 4.91. The van der Waals surface area contributed by atoms with Crippen molar-refractivity contribution in [2.45, 2.75) is 38.4 Å². The van der Waals surface area contributed by atoms with Gasteiger partial charge in [-0.05, 0) is 38.1 Å². The third kappa shape index (κ3) is 2.71. The normalized spacial score (nSPS) is 24.2. The minimum atomic E-state index is -0.799. The number of ether oxygens (including phenoxy) is 1. The Morgan fingerprint density at radius 3 is 2.86 bits per heavy atom. The summed E-state index contributed by atoms with van der Waals surface area (Å²) in [5.41, 5.74) is 4.47. The Labute approximate surface area is 163 Å². The van der Waals surface area contributed by atoms with Crippen LogP contribution in [0.15, 0.2) is 12.1 Å². The van der Waals surface area contributed by atoms with Crippen molar-refractivity contribution >= 4 is 5.82 Å². The quantitative estimate of drug-likeness (QED) is 0.859. The van der Waals surface area contributed by atoms with Crippen LogP contribution < -0.4 is 9.64 Å². The number of anilines is 1. The first kappa shape index (κ1) is 17.7. The molecular formula is C21H25FN4O2. The van der Waals surface area contributed by atoms with E-state index in [0.29, 0.717) is 31.6 Å². The fraction of sp³-hybridized carbons (Fsp3) is 0.524. The van der Waals surface area contributed by atoms with Crippen LogP contribution in [0.3, 0.4) is 0 Å². The van der Waals surface area contributed by atoms with E-state index in [1.54, 1.807) is 0 Å². The van der Waals surface area contributed by atoms with E-state index in [0.717, 1.165) is 53.5 Å². The zero-order chi connectivity index (χ0) is 19.4. The number of alkyl halides is 1. The van der Waals surface area contributed by atoms with Gasteiger partial charge >= 0.3 is 0 Å². The minimum absolute atomic E-state index is 0.125. The van der Waals surface area contributed by atoms with Crippen LogP contribution in [0.2, 0.25) is 0 Å². The number of rotatable bonds is 2. The van der Waals surface area contributed by atoms with Crippen LogP contribution in [0.5, 0.6) is 11.5 Å². The van der Waals surface area contributed by atoms with Gasteiger partial charge in [-0.1, -0.05) is 0 Å². The van der Waals surface area contributed by atoms with Crippen LogP contribution >= 0.6 is 0 Å². The van der Waals surface area contributed by atoms with Crippen molar-refractivity contribution in [1.29, 1.82) is 0 Å². The molecular weight excluding hydrogens is 359 g/mol. The lowest BCUT2D eigenvalue weighted by Gasteiger charge is -2.38. The maximum Gasteiger partial charge on any atom is 0.155 e. The van der Waals surface area contributed by atoms with Gasteiger partial charge in [-0.3, -0.25) is 0 Å². The summed E-state index contributed by atoms with van der Waals surface area (Å²) in [4.78, 5) is 4.27. The van der Waals surface area contributed by atoms with Gasteiger partial charge in [0, 0.05) is 55.2 Å². The molecule has 1 aromatic carbocycles. The van der Waals surface area contributed by atoms with Crippen molar-refractivity contribution < 1.29 is 14.2 Å². The second-order valence-corrected chi connectivity index (χ2v) is 8.16. The lowest BCUT2D eigenvalue weighted by molar-refractivity contribution is 0.143. The van der Waals surface area contributed by atoms with Gasteiger partial charge in [0.15, 0.2) is 5.82 Å². The summed E-state index contributed by atoms with van der Waals surface area (Å²) in [7, 11) is 1.97. The largest absolute Gasteiger partial charge is 0.507 e. The predicted octanol–water partition coefficient (Wildman–Crippen LogP) is 2.50. The molecule has 0 aliphatic carbocycles. The van der Waals surface area contributed by atoms with Crippen LogP contribution in [0.1, 0.15) is 23.1 Å². The van der Waals surface area contributed by atoms with Crippen molar-refractivity contribution in [2.24, 2.45) is 0 Å². The van der Waals surface area contributed by atoms with Crippen LogP contribution in [-0.2, 0) is 12.8 Å². The number of hydrogen-bond acceptors (Lipinski definition) is 6. The molecule has 0 amide bonds. The number of phenols is 1. The molecule has 6 nitrogen and oxygen atoms in total. The maximum atomic E-state index is 14.1. The molecule has 1 N–H and O–H groups in total. The Hall–Kier alpha value is -2.41. The molecule has 0 radical (unpaired) electrons. The molecule has 3 aliphatic rings. The van der Waals surface area contributed by atoms with Gasteiger partial charge in [0.25, 0.3) is 0 Å². The molecule has 7 heteroatoms. The molecule has 4 heterocycles. The summed E-state index contributed by atoms with van der Waals surface area (Å²) in [6.07, 6.45) is 1.32. The Balaban J connectivity index is 1.51. The molecule has 5 rings (SSSR count). The minimum Gasteiger partial charge on any atom is -0.507 e. The van der Waals surface area contributed by atoms with Crippen LogP contribution in [0.4, 0.5) is 10.2 Å². The topological polar surface area (TPSA) is 61.7 Å². The van der Waals surface area contributed by atoms with E-state index in [9.17, 15) is 9.50 Å². The number of likely N-dealkylation sites (tertiary alicyclic amines) is 1. The smallest absolute Gasteiger partial charge is 0.155 e. The molecule has 1 aromatic heterocycles. The monoisotopic (exact) mass is 384 g/mol. The fourth-order valence-electron chi connectivity index (χ4n) is 4.91. The number of phenolic OH excluding ortho intramolecular Hbond substituents is 1. The molecule has 0 bridgehead atoms. The van der Waals surface area contributed by atoms with Crippen molar-refractivity contribution in [1.82, 2.24) is 15.1 Å². The van der Waals surface area contributed by atoms with Crippen LogP contribution in [0.25, 0.3) is 11.3 Å². The summed E-state index contributed by atoms with van der Waals surface area (Å²) >= 11 is 0. The van der Waals surface area contributed by atoms with E-state index in [1.165, 1.54) is 0 Å². The second kappa shape index (κ2) is 6.58. The van der Waals surface area contributed by atoms with E-state index < -0.39 is 6.17 Å². The summed E-state index contributed by atoms with van der Waals surface area (Å²) in [6, 6.07) is 3.89. The first-order valence-corrected chi connectivity index (χ1v) is 9.96. The number of piperidine rings is 1. The van der Waals surface area contributed by atoms with E-state index in [4.69, 9.17) is 4.74 Å². The highest BCUT2D eigenvalue weighted by Gasteiger charge is 2.35. The summed E-state index contributed by atoms with van der Waals surface area (Å²) in [5.74, 6) is 1.87. The highest BCUT2D eigenvalue weighted by Crippen LogP contribution is 2.42. The molecule has 0 saturated carbocycles. The van der Waals surface area contributed by atoms with Crippen LogP contribution in [-0.4, -0.2) is 65.7 Å². The van der Waals surface area contributed by atoms with Gasteiger partial charge in [0.05, 0.1) is 12.3 Å². The molecule has 0 unspecified atom stereocenters. The number of aromatic hydroxyl groups is 1. The summed E-state index contributed by atoms with van der Waals surface area (Å²) in [5, 5.41) is 19.8. The standard InChI is InChI=1S/C21H25FN4O2/c1-12-15-5-7-26(14-9-13(22)10-25(2)11-14)21(15)24-23-19(12)17-3-4-18-16(20(17)27)6-8-28-18/h3-4,13-14,27H,5-11H2,1-2H3/t13-,14-/m1/s1. The summed E-state index contributed by atoms with van der Waals surface area (Å²) < 4.78 is 19.6. The summed E-state index contributed by atoms with van der Waals surface area (Å²) in [6.45, 7) is 4.82. The van der Waals surface area contributed by atoms with E-state index >= 15 is 0 Å². The molecule has 1 saturated heterocycles. The average molecular weight is 384 g/mol. The second-order valence-electron chi connectivity index (χ2n) is 8.16. The van der Waals surface area contributed by atoms with E-state index in [1.807, 2.05) is 26.1 Å². The number of likely N-dealkylation sites (N-methyl/N-ethyl adjacent to an activating group) is 1. The van der Waals surface area contributed by atoms with Crippen molar-refractivity contribution in [3.63, 3.8) is 0 Å². The van der Waals surface area contributed by atoms with Gasteiger partial charge in [0.1, 0.15) is 17.7 Å². The van der Waals surface area contributed by atoms with Crippen molar-refractivity contribution in [3.8, 4) is 22.8 Å². The van der Waals surface area contributed by atoms with Gasteiger partial charge in [0.2, 0.25) is 0 Å². The van der Waals surface area contributed by atoms with Gasteiger partial charge in [-0.25, -0.2) is 4.39 Å². The molecule has 148 valence electrons. The molecule has 1 fully saturated rings. The van der Waals surface area contributed by atoms with E-state index in [-0.39, 0.29) is 11.8 Å². The van der Waals surface area contributed by atoms with Crippen molar-refractivity contribution in [2.75, 3.05) is 38.2 Å². The van der Waals surface area contributed by atoms with Gasteiger partial charge < -0.3 is 19.6 Å². The lowest BCUT2D eigenvalue weighted by Crippen LogP contribution is -2.50.